The molecule has 204 valence electrons. The highest BCUT2D eigenvalue weighted by Crippen LogP contribution is 2.31. The van der Waals surface area contributed by atoms with Crippen molar-refractivity contribution < 1.29 is 23.9 Å². The van der Waals surface area contributed by atoms with Crippen LogP contribution in [0.3, 0.4) is 0 Å². The monoisotopic (exact) mass is 514 g/mol. The molecule has 2 bridgehead atoms. The second-order valence-electron chi connectivity index (χ2n) is 10.3. The van der Waals surface area contributed by atoms with Gasteiger partial charge in [-0.2, -0.15) is 0 Å². The first-order valence-corrected chi connectivity index (χ1v) is 13.2. The van der Waals surface area contributed by atoms with Gasteiger partial charge in [-0.15, -0.1) is 0 Å². The van der Waals surface area contributed by atoms with Crippen LogP contribution in [0.4, 0.5) is 0 Å². The van der Waals surface area contributed by atoms with Crippen LogP contribution in [0.5, 0.6) is 11.5 Å². The van der Waals surface area contributed by atoms with Gasteiger partial charge in [0.15, 0.2) is 0 Å². The van der Waals surface area contributed by atoms with Gasteiger partial charge in [-0.25, -0.2) is 0 Å². The van der Waals surface area contributed by atoms with Crippen molar-refractivity contribution in [1.82, 2.24) is 20.4 Å². The fourth-order valence-electron chi connectivity index (χ4n) is 5.15. The van der Waals surface area contributed by atoms with Crippen LogP contribution in [0.25, 0.3) is 6.08 Å². The molecule has 2 aliphatic rings. The van der Waals surface area contributed by atoms with E-state index in [2.05, 4.69) is 17.6 Å². The van der Waals surface area contributed by atoms with Crippen molar-refractivity contribution in [3.05, 3.63) is 30.0 Å². The van der Waals surface area contributed by atoms with Crippen LogP contribution in [-0.2, 0) is 14.4 Å². The minimum Gasteiger partial charge on any atom is -0.496 e. The average molecular weight is 515 g/mol. The molecule has 1 aromatic carbocycles. The number of rotatable bonds is 7. The summed E-state index contributed by atoms with van der Waals surface area (Å²) in [6.07, 6.45) is 4.76. The molecule has 9 heteroatoms. The zero-order valence-electron chi connectivity index (χ0n) is 23.1. The van der Waals surface area contributed by atoms with Crippen LogP contribution >= 0.6 is 0 Å². The smallest absolute Gasteiger partial charge is 0.247 e. The van der Waals surface area contributed by atoms with E-state index in [0.29, 0.717) is 30.9 Å². The second kappa shape index (κ2) is 12.4. The number of nitrogens with one attached hydrogen (secondary N) is 2. The first kappa shape index (κ1) is 28.5. The number of hydrogen-bond donors (Lipinski definition) is 2. The van der Waals surface area contributed by atoms with Gasteiger partial charge in [0.1, 0.15) is 29.7 Å². The molecule has 2 aliphatic heterocycles. The Hall–Kier alpha value is -3.07. The average Bonchev–Trinajstić information content (AvgIpc) is 3.29. The summed E-state index contributed by atoms with van der Waals surface area (Å²) in [5.41, 5.74) is 0.728. The molecule has 9 nitrogen and oxygen atoms in total. The second-order valence-corrected chi connectivity index (χ2v) is 10.3. The molecule has 0 spiro atoms. The Balaban J connectivity index is 2.05. The molecule has 0 aromatic heterocycles. The minimum absolute atomic E-state index is 0.100. The molecule has 0 saturated carbocycles. The number of ether oxygens (including phenoxy) is 2. The topological polar surface area (TPSA) is 100 Å². The van der Waals surface area contributed by atoms with Crippen molar-refractivity contribution in [3.63, 3.8) is 0 Å². The number of fused-ring (bicyclic) bond motifs is 3. The normalized spacial score (nSPS) is 24.4. The Kier molecular flexibility index (Phi) is 9.59. The largest absolute Gasteiger partial charge is 0.496 e. The fraction of sp³-hybridized carbons (Fsp3) is 0.607. The number of methoxy groups -OCH3 is 1. The van der Waals surface area contributed by atoms with Crippen LogP contribution in [-0.4, -0.2) is 79.5 Å². The molecule has 2 N–H and O–H groups in total. The fourth-order valence-corrected chi connectivity index (χ4v) is 5.15. The van der Waals surface area contributed by atoms with E-state index in [9.17, 15) is 14.4 Å². The van der Waals surface area contributed by atoms with Gasteiger partial charge in [-0.1, -0.05) is 40.5 Å². The van der Waals surface area contributed by atoms with E-state index < -0.39 is 18.2 Å². The summed E-state index contributed by atoms with van der Waals surface area (Å²) in [6, 6.07) is 3.40. The molecule has 6 atom stereocenters. The summed E-state index contributed by atoms with van der Waals surface area (Å²) < 4.78 is 11.8. The molecule has 2 heterocycles. The van der Waals surface area contributed by atoms with E-state index in [4.69, 9.17) is 9.47 Å². The minimum atomic E-state index is -0.863. The Morgan fingerprint density at radius 3 is 2.54 bits per heavy atom. The lowest BCUT2D eigenvalue weighted by molar-refractivity contribution is -0.145. The van der Waals surface area contributed by atoms with Gasteiger partial charge < -0.3 is 25.0 Å². The van der Waals surface area contributed by atoms with E-state index in [-0.39, 0.29) is 35.6 Å². The number of hydrogen-bond acceptors (Lipinski definition) is 6. The molecular formula is C28H42N4O5. The zero-order chi connectivity index (χ0) is 27.3. The molecule has 1 saturated heterocycles. The van der Waals surface area contributed by atoms with E-state index in [1.54, 1.807) is 36.4 Å². The van der Waals surface area contributed by atoms with Crippen molar-refractivity contribution >= 4 is 23.8 Å². The highest BCUT2D eigenvalue weighted by molar-refractivity contribution is 5.94. The standard InChI is InChI=1S/C28H42N4O5/c1-8-17(3)23-26(33)29-14-12-19-16-20(10-11-21(19)36-7)37-22-13-15-32(25(22)27(34)30-23)28(35)24(31(5)6)18(4)9-2/h10-12,14,16-18,22-25H,8-9,13,15H2,1-7H3,(H,29,33)(H,30,34). The lowest BCUT2D eigenvalue weighted by Crippen LogP contribution is -2.60. The van der Waals surface area contributed by atoms with Gasteiger partial charge in [0.25, 0.3) is 0 Å². The Morgan fingerprint density at radius 2 is 1.92 bits per heavy atom. The van der Waals surface area contributed by atoms with Crippen molar-refractivity contribution in [2.24, 2.45) is 11.8 Å². The van der Waals surface area contributed by atoms with Crippen molar-refractivity contribution in [2.75, 3.05) is 27.7 Å². The summed E-state index contributed by atoms with van der Waals surface area (Å²) in [5.74, 6) is 0.390. The summed E-state index contributed by atoms with van der Waals surface area (Å²) in [4.78, 5) is 44.4. The molecule has 1 aromatic rings. The third kappa shape index (κ3) is 6.26. The number of carbonyl (C=O) groups excluding carboxylic acids is 3. The highest BCUT2D eigenvalue weighted by Gasteiger charge is 2.47. The van der Waals surface area contributed by atoms with E-state index in [1.165, 1.54) is 0 Å². The number of nitrogens with zero attached hydrogens (tertiary/aromatic N) is 2. The predicted molar refractivity (Wildman–Crippen MR) is 143 cm³/mol. The molecule has 3 rings (SSSR count). The van der Waals surface area contributed by atoms with Crippen LogP contribution in [0, 0.1) is 11.8 Å². The number of likely N-dealkylation sites (N-methyl/N-ethyl adjacent to an activating group) is 1. The Bertz CT molecular complexity index is 1010. The SMILES string of the molecule is CCC(C)C1NC(=O)C2C(CCN2C(=O)C(C(C)CC)N(C)C)Oc2ccc(OC)c(c2)C=CNC1=O. The van der Waals surface area contributed by atoms with E-state index >= 15 is 0 Å². The van der Waals surface area contributed by atoms with E-state index in [0.717, 1.165) is 12.0 Å². The molecule has 37 heavy (non-hydrogen) atoms. The van der Waals surface area contributed by atoms with E-state index in [1.807, 2.05) is 45.8 Å². The molecule has 1 fully saturated rings. The predicted octanol–water partition coefficient (Wildman–Crippen LogP) is 2.65. The Labute approximate surface area is 220 Å². The van der Waals surface area contributed by atoms with Crippen molar-refractivity contribution in [2.45, 2.75) is 71.2 Å². The maximum Gasteiger partial charge on any atom is 0.247 e. The van der Waals surface area contributed by atoms with Gasteiger partial charge in [-0.3, -0.25) is 19.3 Å². The van der Waals surface area contributed by atoms with Crippen molar-refractivity contribution in [1.29, 1.82) is 0 Å². The quantitative estimate of drug-likeness (QED) is 0.580. The third-order valence-electron chi connectivity index (χ3n) is 7.66. The van der Waals surface area contributed by atoms with Crippen LogP contribution < -0.4 is 20.1 Å². The number of likely N-dealkylation sites (tertiary alicyclic amines) is 1. The maximum absolute atomic E-state index is 13.9. The highest BCUT2D eigenvalue weighted by atomic mass is 16.5. The number of carbonyl (C=O) groups is 3. The molecule has 3 amide bonds. The van der Waals surface area contributed by atoms with Crippen LogP contribution in [0.1, 0.15) is 52.5 Å². The molecule has 6 unspecified atom stereocenters. The number of amides is 3. The zero-order valence-corrected chi connectivity index (χ0v) is 23.1. The summed E-state index contributed by atoms with van der Waals surface area (Å²) in [5, 5.41) is 5.76. The summed E-state index contributed by atoms with van der Waals surface area (Å²) in [6.45, 7) is 8.40. The van der Waals surface area contributed by atoms with Crippen LogP contribution in [0.2, 0.25) is 0 Å². The van der Waals surface area contributed by atoms with Crippen LogP contribution in [0.15, 0.2) is 24.4 Å². The lowest BCUT2D eigenvalue weighted by Gasteiger charge is -2.36. The van der Waals surface area contributed by atoms with Gasteiger partial charge >= 0.3 is 0 Å². The molecule has 0 radical (unpaired) electrons. The van der Waals surface area contributed by atoms with Gasteiger partial charge in [0.05, 0.1) is 13.2 Å². The van der Waals surface area contributed by atoms with Gasteiger partial charge in [0.2, 0.25) is 17.7 Å². The van der Waals surface area contributed by atoms with Gasteiger partial charge in [-0.05, 0) is 50.2 Å². The lowest BCUT2D eigenvalue weighted by atomic mass is 9.96. The van der Waals surface area contributed by atoms with Crippen molar-refractivity contribution in [3.8, 4) is 11.5 Å². The maximum atomic E-state index is 13.9. The molecule has 0 aliphatic carbocycles. The summed E-state index contributed by atoms with van der Waals surface area (Å²) in [7, 11) is 5.35. The Morgan fingerprint density at radius 1 is 1.19 bits per heavy atom. The van der Waals surface area contributed by atoms with Gasteiger partial charge in [0, 0.05) is 24.7 Å². The third-order valence-corrected chi connectivity index (χ3v) is 7.66. The number of benzene rings is 1. The first-order valence-electron chi connectivity index (χ1n) is 13.2. The molecular weight excluding hydrogens is 472 g/mol. The summed E-state index contributed by atoms with van der Waals surface area (Å²) >= 11 is 0. The first-order chi connectivity index (χ1) is 17.6.